The lowest BCUT2D eigenvalue weighted by atomic mass is 10.1. The number of halogens is 4. The topological polar surface area (TPSA) is 96.9 Å². The van der Waals surface area contributed by atoms with Crippen molar-refractivity contribution in [2.24, 2.45) is 10.7 Å². The van der Waals surface area contributed by atoms with Crippen LogP contribution >= 0.6 is 0 Å². The highest BCUT2D eigenvalue weighted by atomic mass is 19.4. The molecular formula is C23H20F4N6O2. The number of hydrogen-bond donors (Lipinski definition) is 1. The van der Waals surface area contributed by atoms with Crippen molar-refractivity contribution in [1.29, 1.82) is 0 Å². The van der Waals surface area contributed by atoms with Gasteiger partial charge in [-0.2, -0.15) is 13.2 Å². The Bertz CT molecular complexity index is 1350. The number of pyridine rings is 2. The summed E-state index contributed by atoms with van der Waals surface area (Å²) in [6.07, 6.45) is -1.62. The smallest absolute Gasteiger partial charge is 0.327 e. The van der Waals surface area contributed by atoms with Gasteiger partial charge in [-0.05, 0) is 42.5 Å². The maximum atomic E-state index is 14.3. The molecule has 1 amide bonds. The molecule has 1 aromatic carbocycles. The highest BCUT2D eigenvalue weighted by Gasteiger charge is 2.31. The van der Waals surface area contributed by atoms with Gasteiger partial charge in [0, 0.05) is 29.4 Å². The summed E-state index contributed by atoms with van der Waals surface area (Å²) in [5.74, 6) is -1.13. The van der Waals surface area contributed by atoms with E-state index < -0.39 is 29.8 Å². The van der Waals surface area contributed by atoms with Gasteiger partial charge in [-0.25, -0.2) is 14.4 Å². The third-order valence-corrected chi connectivity index (χ3v) is 5.25. The summed E-state index contributed by atoms with van der Waals surface area (Å²) in [6, 6.07) is 9.40. The number of nitrogens with two attached hydrogens (primary N) is 1. The lowest BCUT2D eigenvalue weighted by molar-refractivity contribution is -0.137. The van der Waals surface area contributed by atoms with Gasteiger partial charge in [0.2, 0.25) is 0 Å². The normalized spacial score (nSPS) is 15.1. The molecule has 0 radical (unpaired) electrons. The summed E-state index contributed by atoms with van der Waals surface area (Å²) < 4.78 is 53.0. The summed E-state index contributed by atoms with van der Waals surface area (Å²) in [5, 5.41) is 2.43. The maximum Gasteiger partial charge on any atom is 0.417 e. The molecule has 1 aliphatic heterocycles. The number of benzene rings is 1. The lowest BCUT2D eigenvalue weighted by Gasteiger charge is -2.25. The molecule has 1 aliphatic rings. The van der Waals surface area contributed by atoms with Crippen LogP contribution in [0.15, 0.2) is 59.9 Å². The van der Waals surface area contributed by atoms with Crippen molar-refractivity contribution in [1.82, 2.24) is 19.9 Å². The number of rotatable bonds is 6. The molecule has 0 fully saturated rings. The minimum atomic E-state index is -4.54. The van der Waals surface area contributed by atoms with Crippen molar-refractivity contribution < 1.29 is 27.2 Å². The van der Waals surface area contributed by atoms with Gasteiger partial charge in [0.05, 0.1) is 42.5 Å². The first kappa shape index (κ1) is 24.2. The van der Waals surface area contributed by atoms with Gasteiger partial charge in [0.25, 0.3) is 5.91 Å². The molecule has 12 heteroatoms. The summed E-state index contributed by atoms with van der Waals surface area (Å²) in [4.78, 5) is 31.9. The number of aromatic nitrogens is 2. The van der Waals surface area contributed by atoms with Crippen LogP contribution in [0, 0.1) is 5.82 Å². The molecule has 35 heavy (non-hydrogen) atoms. The predicted octanol–water partition coefficient (Wildman–Crippen LogP) is 1.95. The summed E-state index contributed by atoms with van der Waals surface area (Å²) >= 11 is 0. The molecule has 0 saturated carbocycles. The van der Waals surface area contributed by atoms with Gasteiger partial charge in [0.15, 0.2) is 6.29 Å². The van der Waals surface area contributed by atoms with Crippen LogP contribution in [0.3, 0.4) is 0 Å². The molecular weight excluding hydrogens is 468 g/mol. The van der Waals surface area contributed by atoms with Crippen LogP contribution in [0.5, 0.6) is 0 Å². The first-order chi connectivity index (χ1) is 16.7. The van der Waals surface area contributed by atoms with Crippen molar-refractivity contribution in [2.45, 2.75) is 25.6 Å². The Balaban J connectivity index is 1.68. The van der Waals surface area contributed by atoms with E-state index in [1.165, 1.54) is 47.5 Å². The monoisotopic (exact) mass is 488 g/mol. The van der Waals surface area contributed by atoms with Gasteiger partial charge in [-0.1, -0.05) is 0 Å². The van der Waals surface area contributed by atoms with Crippen molar-refractivity contribution >= 4 is 12.1 Å². The Kier molecular flexibility index (Phi) is 6.76. The second kappa shape index (κ2) is 9.76. The van der Waals surface area contributed by atoms with Crippen LogP contribution in [0.2, 0.25) is 0 Å². The SMILES string of the molecule is CON1C=c2cc(C(=O)N(Cc3ccc(C(F)(F)F)cn3)Cc3ncccc3F)ccc2=NC1N. The molecule has 182 valence electrons. The minimum absolute atomic E-state index is 0.00353. The van der Waals surface area contributed by atoms with E-state index in [1.807, 2.05) is 0 Å². The third-order valence-electron chi connectivity index (χ3n) is 5.25. The largest absolute Gasteiger partial charge is 0.417 e. The van der Waals surface area contributed by atoms with Crippen molar-refractivity contribution in [3.8, 4) is 0 Å². The average molecular weight is 488 g/mol. The zero-order valence-electron chi connectivity index (χ0n) is 18.4. The fraction of sp³-hybridized carbons (Fsp3) is 0.217. The van der Waals surface area contributed by atoms with E-state index >= 15 is 0 Å². The molecule has 0 saturated heterocycles. The quantitative estimate of drug-likeness (QED) is 0.533. The summed E-state index contributed by atoms with van der Waals surface area (Å²) in [7, 11) is 1.42. The van der Waals surface area contributed by atoms with Crippen LogP contribution < -0.4 is 16.3 Å². The molecule has 3 heterocycles. The number of amides is 1. The molecule has 1 unspecified atom stereocenters. The number of hydroxylamine groups is 2. The highest BCUT2D eigenvalue weighted by Crippen LogP contribution is 2.28. The Morgan fingerprint density at radius 1 is 1.17 bits per heavy atom. The van der Waals surface area contributed by atoms with E-state index in [4.69, 9.17) is 10.6 Å². The average Bonchev–Trinajstić information content (AvgIpc) is 2.83. The van der Waals surface area contributed by atoms with Gasteiger partial charge in [0.1, 0.15) is 5.82 Å². The van der Waals surface area contributed by atoms with E-state index in [0.29, 0.717) is 16.8 Å². The molecule has 2 N–H and O–H groups in total. The van der Waals surface area contributed by atoms with E-state index in [1.54, 1.807) is 18.3 Å². The fourth-order valence-corrected chi connectivity index (χ4v) is 3.46. The molecule has 1 atom stereocenters. The molecule has 0 bridgehead atoms. The van der Waals surface area contributed by atoms with Gasteiger partial charge < -0.3 is 4.90 Å². The van der Waals surface area contributed by atoms with Gasteiger partial charge in [-0.15, -0.1) is 0 Å². The van der Waals surface area contributed by atoms with E-state index in [2.05, 4.69) is 15.0 Å². The van der Waals surface area contributed by atoms with Crippen LogP contribution in [-0.2, 0) is 24.1 Å². The standard InChI is InChI=1S/C23H20F4N6O2/c1-35-33-11-15-9-14(4-7-19(15)31-22(33)28)21(34)32(13-20-18(24)3-2-8-29-20)12-17-6-5-16(10-30-17)23(25,26)27/h2-11,22H,12-13,28H2,1H3. The molecule has 3 aromatic rings. The third kappa shape index (κ3) is 5.44. The Hall–Kier alpha value is -3.90. The maximum absolute atomic E-state index is 14.3. The van der Waals surface area contributed by atoms with E-state index in [9.17, 15) is 22.4 Å². The minimum Gasteiger partial charge on any atom is -0.327 e. The molecule has 0 spiro atoms. The first-order valence-electron chi connectivity index (χ1n) is 10.3. The second-order valence-corrected chi connectivity index (χ2v) is 7.62. The Labute approximate surface area is 196 Å². The zero-order valence-corrected chi connectivity index (χ0v) is 18.4. The molecule has 8 nitrogen and oxygen atoms in total. The first-order valence-corrected chi connectivity index (χ1v) is 10.3. The predicted molar refractivity (Wildman–Crippen MR) is 116 cm³/mol. The van der Waals surface area contributed by atoms with Crippen LogP contribution in [0.1, 0.15) is 27.3 Å². The summed E-state index contributed by atoms with van der Waals surface area (Å²) in [5.41, 5.74) is 5.41. The van der Waals surface area contributed by atoms with Crippen molar-refractivity contribution in [3.63, 3.8) is 0 Å². The van der Waals surface area contributed by atoms with Crippen LogP contribution in [0.25, 0.3) is 6.20 Å². The zero-order chi connectivity index (χ0) is 25.2. The molecule has 0 aliphatic carbocycles. The number of fused-ring (bicyclic) bond motifs is 1. The van der Waals surface area contributed by atoms with Gasteiger partial charge in [-0.3, -0.25) is 25.3 Å². The second-order valence-electron chi connectivity index (χ2n) is 7.62. The number of nitrogens with zero attached hydrogens (tertiary/aromatic N) is 5. The van der Waals surface area contributed by atoms with E-state index in [-0.39, 0.29) is 30.0 Å². The van der Waals surface area contributed by atoms with Crippen molar-refractivity contribution in [3.05, 3.63) is 93.8 Å². The molecule has 4 rings (SSSR count). The number of carbonyl (C=O) groups excluding carboxylic acids is 1. The van der Waals surface area contributed by atoms with Crippen LogP contribution in [-0.4, -0.2) is 39.2 Å². The highest BCUT2D eigenvalue weighted by molar-refractivity contribution is 5.94. The lowest BCUT2D eigenvalue weighted by Crippen LogP contribution is -2.46. The number of hydrogen-bond acceptors (Lipinski definition) is 7. The Morgan fingerprint density at radius 3 is 2.63 bits per heavy atom. The van der Waals surface area contributed by atoms with Gasteiger partial charge >= 0.3 is 6.18 Å². The van der Waals surface area contributed by atoms with Crippen molar-refractivity contribution in [2.75, 3.05) is 7.11 Å². The van der Waals surface area contributed by atoms with E-state index in [0.717, 1.165) is 6.07 Å². The van der Waals surface area contributed by atoms with Crippen LogP contribution in [0.4, 0.5) is 17.6 Å². The fourth-order valence-electron chi connectivity index (χ4n) is 3.46. The number of carbonyl (C=O) groups is 1. The number of alkyl halides is 3. The summed E-state index contributed by atoms with van der Waals surface area (Å²) in [6.45, 7) is -0.401. The molecule has 2 aromatic heterocycles. The Morgan fingerprint density at radius 2 is 1.97 bits per heavy atom.